The van der Waals surface area contributed by atoms with E-state index >= 15 is 0 Å². The summed E-state index contributed by atoms with van der Waals surface area (Å²) >= 11 is 1.89. The predicted octanol–water partition coefficient (Wildman–Crippen LogP) is 19.3. The van der Waals surface area contributed by atoms with Crippen LogP contribution >= 0.6 is 11.8 Å². The van der Waals surface area contributed by atoms with Crippen LogP contribution in [0.5, 0.6) is 0 Å². The maximum atomic E-state index is 2.48. The number of rotatable bonds is 7. The number of fused-ring (bicyclic) bond motifs is 10. The molecule has 0 atom stereocenters. The van der Waals surface area contributed by atoms with Gasteiger partial charge in [0, 0.05) is 60.0 Å². The van der Waals surface area contributed by atoms with Gasteiger partial charge in [-0.15, -0.1) is 0 Å². The van der Waals surface area contributed by atoms with Gasteiger partial charge in [-0.05, 0) is 156 Å². The van der Waals surface area contributed by atoms with Gasteiger partial charge in [0.2, 0.25) is 0 Å². The van der Waals surface area contributed by atoms with Gasteiger partial charge in [-0.3, -0.25) is 0 Å². The van der Waals surface area contributed by atoms with Crippen LogP contribution in [0.15, 0.2) is 240 Å². The first-order valence-corrected chi connectivity index (χ1v) is 25.6. The van der Waals surface area contributed by atoms with Crippen molar-refractivity contribution in [3.05, 3.63) is 253 Å². The standard InChI is InChI=1S/C68H50N2S/c1-67(2)60-27-15-12-24-52(60)57-40-47(34-37-61(57)67)70(63-28-16-13-22-50(63)43-18-7-5-8-19-43)49-33-36-54-58-38-44-30-31-46(39-56(44)55-25-17-29-64(66(55)58)71-65(54)42-49)69(45-20-9-6-10-21-45)48-32-35-53-51-23-11-14-26-59(51)68(3,4)62(53)41-48/h5-42H,1-4H3. The lowest BCUT2D eigenvalue weighted by molar-refractivity contribution is 0.660. The van der Waals surface area contributed by atoms with Crippen LogP contribution < -0.4 is 9.80 Å². The van der Waals surface area contributed by atoms with Crippen molar-refractivity contribution in [3.63, 3.8) is 0 Å². The van der Waals surface area contributed by atoms with Crippen molar-refractivity contribution in [2.24, 2.45) is 0 Å². The van der Waals surface area contributed by atoms with Crippen molar-refractivity contribution in [3.8, 4) is 44.5 Å². The fraction of sp³-hybridized carbons (Fsp3) is 0.0882. The fourth-order valence-corrected chi connectivity index (χ4v) is 13.5. The van der Waals surface area contributed by atoms with Gasteiger partial charge in [-0.1, -0.05) is 191 Å². The Bertz CT molecular complexity index is 3980. The number of benzene rings is 11. The second-order valence-electron chi connectivity index (χ2n) is 20.5. The van der Waals surface area contributed by atoms with Gasteiger partial charge < -0.3 is 9.80 Å². The van der Waals surface area contributed by atoms with Crippen molar-refractivity contribution in [2.45, 2.75) is 48.3 Å². The second-order valence-corrected chi connectivity index (χ2v) is 21.6. The number of hydrogen-bond donors (Lipinski definition) is 0. The number of para-hydroxylation sites is 2. The average Bonchev–Trinajstić information content (AvgIpc) is 3.78. The third kappa shape index (κ3) is 6.36. The third-order valence-corrected chi connectivity index (χ3v) is 16.9. The molecule has 0 radical (unpaired) electrons. The normalized spacial score (nSPS) is 14.1. The highest BCUT2D eigenvalue weighted by molar-refractivity contribution is 7.99. The summed E-state index contributed by atoms with van der Waals surface area (Å²) in [6.07, 6.45) is 0. The van der Waals surface area contributed by atoms with E-state index in [2.05, 4.69) is 268 Å². The van der Waals surface area contributed by atoms with Crippen LogP contribution in [-0.4, -0.2) is 0 Å². The Labute approximate surface area is 420 Å². The summed E-state index contributed by atoms with van der Waals surface area (Å²) < 4.78 is 0. The topological polar surface area (TPSA) is 6.48 Å². The molecule has 2 nitrogen and oxygen atoms in total. The van der Waals surface area contributed by atoms with Crippen LogP contribution in [0.3, 0.4) is 0 Å². The first-order valence-electron chi connectivity index (χ1n) is 24.8. The lowest BCUT2D eigenvalue weighted by atomic mass is 9.82. The predicted molar refractivity (Wildman–Crippen MR) is 301 cm³/mol. The zero-order chi connectivity index (χ0) is 47.6. The van der Waals surface area contributed by atoms with E-state index in [4.69, 9.17) is 0 Å². The Balaban J connectivity index is 0.905. The molecular formula is C68H50N2S. The van der Waals surface area contributed by atoms with E-state index < -0.39 is 0 Å². The van der Waals surface area contributed by atoms with Crippen molar-refractivity contribution in [1.29, 1.82) is 0 Å². The summed E-state index contributed by atoms with van der Waals surface area (Å²) in [5.41, 5.74) is 22.4. The quantitative estimate of drug-likeness (QED) is 0.147. The van der Waals surface area contributed by atoms with E-state index in [9.17, 15) is 0 Å². The third-order valence-electron chi connectivity index (χ3n) is 15.8. The molecule has 3 aliphatic rings. The smallest absolute Gasteiger partial charge is 0.0540 e. The Morgan fingerprint density at radius 3 is 1.65 bits per heavy atom. The lowest BCUT2D eigenvalue weighted by Gasteiger charge is -2.30. The first-order chi connectivity index (χ1) is 34.7. The molecule has 0 amide bonds. The molecule has 338 valence electrons. The molecule has 0 saturated carbocycles. The Morgan fingerprint density at radius 2 is 0.873 bits per heavy atom. The summed E-state index contributed by atoms with van der Waals surface area (Å²) in [7, 11) is 0. The largest absolute Gasteiger partial charge is 0.310 e. The van der Waals surface area contributed by atoms with E-state index in [0.29, 0.717) is 0 Å². The van der Waals surface area contributed by atoms with Crippen molar-refractivity contribution in [2.75, 3.05) is 9.80 Å². The van der Waals surface area contributed by atoms with Crippen molar-refractivity contribution in [1.82, 2.24) is 0 Å². The molecule has 0 unspecified atom stereocenters. The van der Waals surface area contributed by atoms with Gasteiger partial charge in [0.05, 0.1) is 5.69 Å². The maximum Gasteiger partial charge on any atom is 0.0540 e. The number of nitrogens with zero attached hydrogens (tertiary/aromatic N) is 2. The average molecular weight is 927 g/mol. The number of hydrogen-bond acceptors (Lipinski definition) is 3. The zero-order valence-corrected chi connectivity index (χ0v) is 41.1. The van der Waals surface area contributed by atoms with Crippen molar-refractivity contribution < 1.29 is 0 Å². The van der Waals surface area contributed by atoms with Crippen LogP contribution in [0, 0.1) is 0 Å². The molecule has 0 spiro atoms. The van der Waals surface area contributed by atoms with Crippen LogP contribution in [0.4, 0.5) is 34.1 Å². The molecule has 0 N–H and O–H groups in total. The minimum absolute atomic E-state index is 0.0751. The van der Waals surface area contributed by atoms with Crippen LogP contribution in [0.25, 0.3) is 66.1 Å². The van der Waals surface area contributed by atoms with Crippen LogP contribution in [0.2, 0.25) is 0 Å². The highest BCUT2D eigenvalue weighted by Crippen LogP contribution is 2.55. The molecule has 0 saturated heterocycles. The lowest BCUT2D eigenvalue weighted by Crippen LogP contribution is -2.16. The van der Waals surface area contributed by atoms with Gasteiger partial charge >= 0.3 is 0 Å². The van der Waals surface area contributed by atoms with E-state index in [-0.39, 0.29) is 10.8 Å². The van der Waals surface area contributed by atoms with E-state index in [1.165, 1.54) is 98.1 Å². The number of anilines is 6. The molecule has 0 bridgehead atoms. The second kappa shape index (κ2) is 15.7. The minimum atomic E-state index is -0.101. The molecule has 0 fully saturated rings. The molecule has 0 aromatic heterocycles. The molecule has 71 heavy (non-hydrogen) atoms. The van der Waals surface area contributed by atoms with Crippen molar-refractivity contribution >= 4 is 67.4 Å². The fourth-order valence-electron chi connectivity index (χ4n) is 12.3. The molecule has 2 aliphatic carbocycles. The molecule has 1 aliphatic heterocycles. The summed E-state index contributed by atoms with van der Waals surface area (Å²) in [4.78, 5) is 7.45. The monoisotopic (exact) mass is 926 g/mol. The summed E-state index contributed by atoms with van der Waals surface area (Å²) in [5.74, 6) is 0. The Hall–Kier alpha value is -8.11. The molecule has 1 heterocycles. The molecule has 14 rings (SSSR count). The minimum Gasteiger partial charge on any atom is -0.310 e. The molecule has 11 aromatic carbocycles. The first kappa shape index (κ1) is 41.8. The summed E-state index contributed by atoms with van der Waals surface area (Å²) in [6.45, 7) is 9.44. The van der Waals surface area contributed by atoms with Gasteiger partial charge in [-0.25, -0.2) is 0 Å². The van der Waals surface area contributed by atoms with Gasteiger partial charge in [0.25, 0.3) is 0 Å². The molecule has 11 aromatic rings. The highest BCUT2D eigenvalue weighted by Gasteiger charge is 2.37. The molecular weight excluding hydrogens is 877 g/mol. The van der Waals surface area contributed by atoms with E-state index in [1.54, 1.807) is 0 Å². The van der Waals surface area contributed by atoms with Gasteiger partial charge in [0.1, 0.15) is 0 Å². The van der Waals surface area contributed by atoms with E-state index in [1.807, 2.05) is 11.8 Å². The van der Waals surface area contributed by atoms with Crippen LogP contribution in [0.1, 0.15) is 49.9 Å². The zero-order valence-electron chi connectivity index (χ0n) is 40.2. The van der Waals surface area contributed by atoms with Gasteiger partial charge in [0.15, 0.2) is 0 Å². The SMILES string of the molecule is CC1(C)c2ccccc2-c2cc(N(c3ccc4c(c3)Sc3cccc5c3c-4cc3ccc(N(c4ccccc4)c4ccc6c(c4)C(C)(C)c4ccccc4-6)cc35)c3ccccc3-c3ccccc3)ccc21. The summed E-state index contributed by atoms with van der Waals surface area (Å²) in [5, 5.41) is 5.08. The van der Waals surface area contributed by atoms with Crippen LogP contribution in [-0.2, 0) is 10.8 Å². The van der Waals surface area contributed by atoms with Gasteiger partial charge in [-0.2, -0.15) is 0 Å². The molecule has 3 heteroatoms. The maximum absolute atomic E-state index is 2.48. The van der Waals surface area contributed by atoms with E-state index in [0.717, 1.165) is 34.1 Å². The Morgan fingerprint density at radius 1 is 0.310 bits per heavy atom. The highest BCUT2D eigenvalue weighted by atomic mass is 32.2. The summed E-state index contributed by atoms with van der Waals surface area (Å²) in [6, 6.07) is 86.1. The Kier molecular flexibility index (Phi) is 9.25.